The molecule has 23 heavy (non-hydrogen) atoms. The van der Waals surface area contributed by atoms with E-state index in [0.717, 1.165) is 10.6 Å². The first kappa shape index (κ1) is 15.9. The normalized spacial score (nSPS) is 16.7. The van der Waals surface area contributed by atoms with Crippen LogP contribution in [0.15, 0.2) is 24.5 Å². The summed E-state index contributed by atoms with van der Waals surface area (Å²) in [6, 6.07) is 3.40. The van der Waals surface area contributed by atoms with Crippen molar-refractivity contribution in [1.29, 1.82) is 0 Å². The lowest BCUT2D eigenvalue weighted by atomic mass is 9.90. The Bertz CT molecular complexity index is 639. The van der Waals surface area contributed by atoms with Gasteiger partial charge in [0.25, 0.3) is 0 Å². The molecule has 2 aromatic rings. The average molecular weight is 331 g/mol. The number of carbonyl (C=O) groups is 1. The van der Waals surface area contributed by atoms with Crippen LogP contribution in [0.4, 0.5) is 9.93 Å². The Morgan fingerprint density at radius 3 is 2.87 bits per heavy atom. The Labute approximate surface area is 139 Å². The molecule has 2 aromatic heterocycles. The van der Waals surface area contributed by atoms with Crippen LogP contribution in [0.2, 0.25) is 0 Å². The van der Waals surface area contributed by atoms with Crippen molar-refractivity contribution in [3.05, 3.63) is 35.1 Å². The summed E-state index contributed by atoms with van der Waals surface area (Å²) in [7, 11) is 0. The minimum atomic E-state index is -0.271. The minimum absolute atomic E-state index is 0.116. The number of amides is 2. The van der Waals surface area contributed by atoms with Crippen molar-refractivity contribution < 1.29 is 4.79 Å². The van der Waals surface area contributed by atoms with Gasteiger partial charge < -0.3 is 5.32 Å². The number of rotatable bonds is 4. The van der Waals surface area contributed by atoms with Gasteiger partial charge in [0.2, 0.25) is 5.13 Å². The Hall–Kier alpha value is -2.02. The van der Waals surface area contributed by atoms with Crippen LogP contribution in [0.25, 0.3) is 0 Å². The zero-order chi connectivity index (χ0) is 16.1. The van der Waals surface area contributed by atoms with Gasteiger partial charge in [-0.05, 0) is 31.4 Å². The lowest BCUT2D eigenvalue weighted by Gasteiger charge is -2.18. The summed E-state index contributed by atoms with van der Waals surface area (Å²) >= 11 is 1.48. The second-order valence-corrected chi connectivity index (χ2v) is 6.90. The zero-order valence-corrected chi connectivity index (χ0v) is 14.0. The van der Waals surface area contributed by atoms with Crippen molar-refractivity contribution in [2.24, 2.45) is 0 Å². The van der Waals surface area contributed by atoms with E-state index >= 15 is 0 Å². The van der Waals surface area contributed by atoms with Crippen molar-refractivity contribution in [3.63, 3.8) is 0 Å². The van der Waals surface area contributed by atoms with Crippen molar-refractivity contribution in [2.75, 3.05) is 5.32 Å². The second kappa shape index (κ2) is 7.50. The molecule has 3 rings (SSSR count). The van der Waals surface area contributed by atoms with Gasteiger partial charge in [0, 0.05) is 18.3 Å². The van der Waals surface area contributed by atoms with E-state index < -0.39 is 0 Å². The van der Waals surface area contributed by atoms with E-state index in [1.54, 1.807) is 12.4 Å². The summed E-state index contributed by atoms with van der Waals surface area (Å²) < 4.78 is 0. The minimum Gasteiger partial charge on any atom is -0.331 e. The van der Waals surface area contributed by atoms with Crippen molar-refractivity contribution in [2.45, 2.75) is 51.0 Å². The van der Waals surface area contributed by atoms with E-state index in [1.807, 2.05) is 19.1 Å². The van der Waals surface area contributed by atoms with Crippen molar-refractivity contribution in [3.8, 4) is 0 Å². The number of hydrogen-bond acceptors (Lipinski definition) is 5. The van der Waals surface area contributed by atoms with Crippen LogP contribution >= 0.6 is 11.3 Å². The largest absolute Gasteiger partial charge is 0.331 e. The molecule has 0 aliphatic heterocycles. The lowest BCUT2D eigenvalue weighted by molar-refractivity contribution is 0.249. The second-order valence-electron chi connectivity index (χ2n) is 5.89. The molecule has 1 fully saturated rings. The van der Waals surface area contributed by atoms with E-state index in [0.29, 0.717) is 11.0 Å². The number of hydrogen-bond donors (Lipinski definition) is 2. The fourth-order valence-electron chi connectivity index (χ4n) is 2.84. The van der Waals surface area contributed by atoms with Gasteiger partial charge in [0.05, 0.1) is 6.04 Å². The summed E-state index contributed by atoms with van der Waals surface area (Å²) in [4.78, 5) is 16.1. The highest BCUT2D eigenvalue weighted by Crippen LogP contribution is 2.35. The molecule has 0 aromatic carbocycles. The van der Waals surface area contributed by atoms with Gasteiger partial charge in [-0.25, -0.2) is 4.79 Å². The molecular formula is C16H21N5OS. The number of anilines is 1. The molecule has 0 unspecified atom stereocenters. The maximum absolute atomic E-state index is 12.1. The molecule has 1 saturated carbocycles. The third-order valence-corrected chi connectivity index (χ3v) is 5.15. The van der Waals surface area contributed by atoms with E-state index in [-0.39, 0.29) is 12.1 Å². The summed E-state index contributed by atoms with van der Waals surface area (Å²) in [5, 5.41) is 15.6. The van der Waals surface area contributed by atoms with Gasteiger partial charge in [-0.2, -0.15) is 0 Å². The first-order valence-corrected chi connectivity index (χ1v) is 8.85. The monoisotopic (exact) mass is 331 g/mol. The fraction of sp³-hybridized carbons (Fsp3) is 0.500. The van der Waals surface area contributed by atoms with Crippen LogP contribution < -0.4 is 10.6 Å². The van der Waals surface area contributed by atoms with E-state index in [4.69, 9.17) is 0 Å². The highest BCUT2D eigenvalue weighted by Gasteiger charge is 2.20. The summed E-state index contributed by atoms with van der Waals surface area (Å²) in [6.07, 6.45) is 9.65. The van der Waals surface area contributed by atoms with Gasteiger partial charge >= 0.3 is 6.03 Å². The van der Waals surface area contributed by atoms with Crippen molar-refractivity contribution in [1.82, 2.24) is 20.5 Å². The fourth-order valence-corrected chi connectivity index (χ4v) is 3.75. The number of carbonyl (C=O) groups excluding carboxylic acids is 1. The zero-order valence-electron chi connectivity index (χ0n) is 13.2. The first-order valence-electron chi connectivity index (χ1n) is 8.03. The van der Waals surface area contributed by atoms with Gasteiger partial charge in [-0.3, -0.25) is 10.3 Å². The molecule has 1 aliphatic rings. The Morgan fingerprint density at radius 2 is 2.13 bits per heavy atom. The SMILES string of the molecule is C[C@H](NC(=O)Nc1nnc(C2CCCCC2)s1)c1cccnc1. The smallest absolute Gasteiger partial charge is 0.321 e. The van der Waals surface area contributed by atoms with Gasteiger partial charge in [-0.15, -0.1) is 10.2 Å². The molecule has 0 spiro atoms. The Balaban J connectivity index is 1.54. The molecule has 7 heteroatoms. The molecule has 122 valence electrons. The third-order valence-electron chi connectivity index (χ3n) is 4.15. The molecule has 2 heterocycles. The molecule has 2 N–H and O–H groups in total. The van der Waals surface area contributed by atoms with Crippen molar-refractivity contribution >= 4 is 22.5 Å². The van der Waals surface area contributed by atoms with E-state index in [1.165, 1.54) is 43.4 Å². The number of nitrogens with one attached hydrogen (secondary N) is 2. The summed E-state index contributed by atoms with van der Waals surface area (Å²) in [6.45, 7) is 1.92. The molecule has 6 nitrogen and oxygen atoms in total. The van der Waals surface area contributed by atoms with E-state index in [9.17, 15) is 4.79 Å². The van der Waals surface area contributed by atoms with Crippen LogP contribution in [0.1, 0.15) is 61.6 Å². The maximum Gasteiger partial charge on any atom is 0.321 e. The molecule has 0 radical (unpaired) electrons. The van der Waals surface area contributed by atoms with Crippen LogP contribution in [0.5, 0.6) is 0 Å². The van der Waals surface area contributed by atoms with Crippen LogP contribution in [0.3, 0.4) is 0 Å². The predicted molar refractivity (Wildman–Crippen MR) is 90.5 cm³/mol. The van der Waals surface area contributed by atoms with Crippen LogP contribution in [0, 0.1) is 0 Å². The number of aromatic nitrogens is 3. The van der Waals surface area contributed by atoms with E-state index in [2.05, 4.69) is 25.8 Å². The summed E-state index contributed by atoms with van der Waals surface area (Å²) in [5.41, 5.74) is 0.961. The topological polar surface area (TPSA) is 79.8 Å². The number of nitrogens with zero attached hydrogens (tertiary/aromatic N) is 3. The van der Waals surface area contributed by atoms with Gasteiger partial charge in [-0.1, -0.05) is 36.7 Å². The first-order chi connectivity index (χ1) is 11.2. The Kier molecular flexibility index (Phi) is 5.17. The lowest BCUT2D eigenvalue weighted by Crippen LogP contribution is -2.31. The molecule has 0 bridgehead atoms. The number of pyridine rings is 1. The van der Waals surface area contributed by atoms with Crippen LogP contribution in [-0.2, 0) is 0 Å². The quantitative estimate of drug-likeness (QED) is 0.891. The summed E-state index contributed by atoms with van der Waals surface area (Å²) in [5.74, 6) is 0.508. The molecule has 0 saturated heterocycles. The van der Waals surface area contributed by atoms with Crippen LogP contribution in [-0.4, -0.2) is 21.2 Å². The third kappa shape index (κ3) is 4.25. The molecule has 1 aliphatic carbocycles. The standard InChI is InChI=1S/C16H21N5OS/c1-11(13-8-5-9-17-10-13)18-15(22)19-16-21-20-14(23-16)12-6-3-2-4-7-12/h5,8-12H,2-4,6-7H2,1H3,(H2,18,19,21,22)/t11-/m0/s1. The maximum atomic E-state index is 12.1. The highest BCUT2D eigenvalue weighted by molar-refractivity contribution is 7.15. The molecule has 2 amide bonds. The highest BCUT2D eigenvalue weighted by atomic mass is 32.1. The van der Waals surface area contributed by atoms with Gasteiger partial charge in [0.15, 0.2) is 0 Å². The molecule has 1 atom stereocenters. The number of urea groups is 1. The van der Waals surface area contributed by atoms with Gasteiger partial charge in [0.1, 0.15) is 5.01 Å². The Morgan fingerprint density at radius 1 is 1.30 bits per heavy atom. The average Bonchev–Trinajstić information content (AvgIpc) is 3.04. The molecular weight excluding hydrogens is 310 g/mol. The predicted octanol–water partition coefficient (Wildman–Crippen LogP) is 3.86.